The Balaban J connectivity index is 1.67. The van der Waals surface area contributed by atoms with Crippen molar-refractivity contribution in [2.45, 2.75) is 19.4 Å². The quantitative estimate of drug-likeness (QED) is 0.749. The minimum Gasteiger partial charge on any atom is -0.494 e. The minimum absolute atomic E-state index is 0.335. The van der Waals surface area contributed by atoms with Crippen LogP contribution in [0.1, 0.15) is 24.9 Å². The topological polar surface area (TPSA) is 21.3 Å². The average molecular weight is 334 g/mol. The summed E-state index contributed by atoms with van der Waals surface area (Å²) in [4.78, 5) is 0. The van der Waals surface area contributed by atoms with Crippen LogP contribution in [-0.2, 0) is 0 Å². The van der Waals surface area contributed by atoms with Gasteiger partial charge in [-0.05, 0) is 43.7 Å². The van der Waals surface area contributed by atoms with Crippen molar-refractivity contribution in [1.29, 1.82) is 0 Å². The normalized spacial score (nSPS) is 12.1. The monoisotopic (exact) mass is 333 g/mol. The van der Waals surface area contributed by atoms with Crippen LogP contribution in [0.2, 0.25) is 0 Å². The number of nitrogens with one attached hydrogen (secondary N) is 1. The maximum absolute atomic E-state index is 5.67. The molecule has 0 saturated heterocycles. The molecule has 0 spiro atoms. The fraction of sp³-hybridized carbons (Fsp3) is 0.294. The lowest BCUT2D eigenvalue weighted by Crippen LogP contribution is -2.21. The molecule has 2 rings (SSSR count). The summed E-state index contributed by atoms with van der Waals surface area (Å²) in [5.74, 6) is 0.936. The van der Waals surface area contributed by atoms with E-state index in [1.54, 1.807) is 0 Å². The molecule has 0 amide bonds. The van der Waals surface area contributed by atoms with Gasteiger partial charge in [0.15, 0.2) is 0 Å². The molecule has 3 heteroatoms. The van der Waals surface area contributed by atoms with Gasteiger partial charge in [-0.2, -0.15) is 0 Å². The number of hydrogen-bond donors (Lipinski definition) is 1. The van der Waals surface area contributed by atoms with Gasteiger partial charge in [0.1, 0.15) is 5.75 Å². The number of hydrogen-bond acceptors (Lipinski definition) is 2. The molecule has 1 atom stereocenters. The van der Waals surface area contributed by atoms with Gasteiger partial charge in [-0.15, -0.1) is 0 Å². The molecule has 0 radical (unpaired) electrons. The van der Waals surface area contributed by atoms with E-state index in [1.165, 1.54) is 5.56 Å². The van der Waals surface area contributed by atoms with Gasteiger partial charge in [0.25, 0.3) is 0 Å². The highest BCUT2D eigenvalue weighted by Crippen LogP contribution is 2.22. The molecule has 2 aromatic carbocycles. The molecule has 1 N–H and O–H groups in total. The zero-order valence-corrected chi connectivity index (χ0v) is 13.3. The first-order valence-corrected chi connectivity index (χ1v) is 7.72. The summed E-state index contributed by atoms with van der Waals surface area (Å²) in [5, 5.41) is 3.52. The lowest BCUT2D eigenvalue weighted by molar-refractivity contribution is 0.305. The van der Waals surface area contributed by atoms with Gasteiger partial charge in [0, 0.05) is 10.5 Å². The number of para-hydroxylation sites is 1. The van der Waals surface area contributed by atoms with Crippen LogP contribution in [0.3, 0.4) is 0 Å². The third-order valence-corrected chi connectivity index (χ3v) is 3.88. The molecular weight excluding hydrogens is 314 g/mol. The van der Waals surface area contributed by atoms with Gasteiger partial charge in [0.05, 0.1) is 6.61 Å². The predicted molar refractivity (Wildman–Crippen MR) is 87.1 cm³/mol. The molecule has 0 unspecified atom stereocenters. The van der Waals surface area contributed by atoms with Crippen LogP contribution in [0.15, 0.2) is 59.1 Å². The van der Waals surface area contributed by atoms with Gasteiger partial charge in [-0.3, -0.25) is 0 Å². The molecular formula is C17H20BrNO. The Bertz CT molecular complexity index is 515. The molecule has 0 aliphatic heterocycles. The van der Waals surface area contributed by atoms with E-state index in [9.17, 15) is 0 Å². The second-order valence-electron chi connectivity index (χ2n) is 4.71. The summed E-state index contributed by atoms with van der Waals surface area (Å²) >= 11 is 3.59. The van der Waals surface area contributed by atoms with Crippen molar-refractivity contribution < 1.29 is 4.74 Å². The Labute approximate surface area is 129 Å². The maximum Gasteiger partial charge on any atom is 0.119 e. The lowest BCUT2D eigenvalue weighted by atomic mass is 10.1. The largest absolute Gasteiger partial charge is 0.494 e. The van der Waals surface area contributed by atoms with Gasteiger partial charge < -0.3 is 10.1 Å². The van der Waals surface area contributed by atoms with Crippen LogP contribution in [0.4, 0.5) is 0 Å². The molecule has 0 heterocycles. The van der Waals surface area contributed by atoms with Crippen molar-refractivity contribution in [2.24, 2.45) is 0 Å². The van der Waals surface area contributed by atoms with E-state index in [0.29, 0.717) is 6.04 Å². The fourth-order valence-electron chi connectivity index (χ4n) is 2.03. The zero-order chi connectivity index (χ0) is 14.2. The Morgan fingerprint density at radius 1 is 1.05 bits per heavy atom. The highest BCUT2D eigenvalue weighted by Gasteiger charge is 2.07. The first-order chi connectivity index (χ1) is 9.77. The van der Waals surface area contributed by atoms with E-state index in [2.05, 4.69) is 46.4 Å². The second-order valence-corrected chi connectivity index (χ2v) is 5.57. The highest BCUT2D eigenvalue weighted by molar-refractivity contribution is 9.10. The molecule has 106 valence electrons. The Kier molecular flexibility index (Phi) is 6.09. The van der Waals surface area contributed by atoms with Crippen LogP contribution in [0.5, 0.6) is 5.75 Å². The second kappa shape index (κ2) is 8.08. The molecule has 0 aliphatic carbocycles. The van der Waals surface area contributed by atoms with Crippen LogP contribution < -0.4 is 10.1 Å². The lowest BCUT2D eigenvalue weighted by Gasteiger charge is -2.15. The molecule has 0 bridgehead atoms. The third kappa shape index (κ3) is 4.66. The smallest absolute Gasteiger partial charge is 0.119 e. The van der Waals surface area contributed by atoms with Crippen LogP contribution in [0, 0.1) is 0 Å². The SMILES string of the molecule is C[C@@H](NCCCOc1ccccc1)c1ccccc1Br. The number of halogens is 1. The summed E-state index contributed by atoms with van der Waals surface area (Å²) in [6.07, 6.45) is 0.990. The average Bonchev–Trinajstić information content (AvgIpc) is 2.48. The van der Waals surface area contributed by atoms with Gasteiger partial charge in [0.2, 0.25) is 0 Å². The van der Waals surface area contributed by atoms with Crippen molar-refractivity contribution in [1.82, 2.24) is 5.32 Å². The summed E-state index contributed by atoms with van der Waals surface area (Å²) in [6, 6.07) is 18.6. The van der Waals surface area contributed by atoms with E-state index in [0.717, 1.165) is 29.8 Å². The number of ether oxygens (including phenoxy) is 1. The Morgan fingerprint density at radius 2 is 1.75 bits per heavy atom. The molecule has 0 saturated carbocycles. The maximum atomic E-state index is 5.67. The summed E-state index contributed by atoms with van der Waals surface area (Å²) in [7, 11) is 0. The molecule has 2 nitrogen and oxygen atoms in total. The van der Waals surface area contributed by atoms with E-state index in [4.69, 9.17) is 4.74 Å². The van der Waals surface area contributed by atoms with E-state index in [-0.39, 0.29) is 0 Å². The third-order valence-electron chi connectivity index (χ3n) is 3.16. The van der Waals surface area contributed by atoms with E-state index >= 15 is 0 Å². The molecule has 0 fully saturated rings. The molecule has 2 aromatic rings. The zero-order valence-electron chi connectivity index (χ0n) is 11.7. The Morgan fingerprint density at radius 3 is 2.50 bits per heavy atom. The van der Waals surface area contributed by atoms with E-state index in [1.807, 2.05) is 36.4 Å². The molecule has 0 aliphatic rings. The number of benzene rings is 2. The van der Waals surface area contributed by atoms with Crippen LogP contribution in [0.25, 0.3) is 0 Å². The van der Waals surface area contributed by atoms with Crippen LogP contribution in [-0.4, -0.2) is 13.2 Å². The van der Waals surface area contributed by atoms with Crippen molar-refractivity contribution in [3.63, 3.8) is 0 Å². The predicted octanol–water partition coefficient (Wildman–Crippen LogP) is 4.57. The fourth-order valence-corrected chi connectivity index (χ4v) is 2.66. The van der Waals surface area contributed by atoms with Crippen molar-refractivity contribution >= 4 is 15.9 Å². The summed E-state index contributed by atoms with van der Waals surface area (Å²) < 4.78 is 6.82. The number of rotatable bonds is 7. The van der Waals surface area contributed by atoms with Gasteiger partial charge in [-0.25, -0.2) is 0 Å². The minimum atomic E-state index is 0.335. The standard InChI is InChI=1S/C17H20BrNO/c1-14(16-10-5-6-11-17(16)18)19-12-7-13-20-15-8-3-2-4-9-15/h2-6,8-11,14,19H,7,12-13H2,1H3/t14-/m1/s1. The molecule has 0 aromatic heterocycles. The summed E-state index contributed by atoms with van der Waals surface area (Å²) in [6.45, 7) is 3.85. The highest BCUT2D eigenvalue weighted by atomic mass is 79.9. The molecule has 20 heavy (non-hydrogen) atoms. The van der Waals surface area contributed by atoms with Crippen molar-refractivity contribution in [2.75, 3.05) is 13.2 Å². The van der Waals surface area contributed by atoms with Crippen molar-refractivity contribution in [3.05, 3.63) is 64.6 Å². The van der Waals surface area contributed by atoms with Gasteiger partial charge in [-0.1, -0.05) is 52.3 Å². The summed E-state index contributed by atoms with van der Waals surface area (Å²) in [5.41, 5.74) is 1.29. The van der Waals surface area contributed by atoms with Crippen LogP contribution >= 0.6 is 15.9 Å². The first kappa shape index (κ1) is 15.1. The van der Waals surface area contributed by atoms with E-state index < -0.39 is 0 Å². The first-order valence-electron chi connectivity index (χ1n) is 6.93. The Hall–Kier alpha value is -1.32. The van der Waals surface area contributed by atoms with Gasteiger partial charge >= 0.3 is 0 Å². The van der Waals surface area contributed by atoms with Crippen molar-refractivity contribution in [3.8, 4) is 5.75 Å².